The molecule has 1 aliphatic rings. The van der Waals surface area contributed by atoms with Crippen molar-refractivity contribution in [3.8, 4) is 11.5 Å². The highest BCUT2D eigenvalue weighted by atomic mass is 16.5. The monoisotopic (exact) mass is 387 g/mol. The number of phenols is 1. The number of nitrogens with zero attached hydrogens (tertiary/aromatic N) is 2. The lowest BCUT2D eigenvalue weighted by Gasteiger charge is -2.30. The van der Waals surface area contributed by atoms with Crippen molar-refractivity contribution in [2.45, 2.75) is 12.8 Å². The number of rotatable bonds is 3. The van der Waals surface area contributed by atoms with Crippen molar-refractivity contribution in [3.05, 3.63) is 61.4 Å². The van der Waals surface area contributed by atoms with E-state index in [4.69, 9.17) is 9.47 Å². The number of benzene rings is 1. The van der Waals surface area contributed by atoms with Crippen LogP contribution < -0.4 is 21.3 Å². The second-order valence-corrected chi connectivity index (χ2v) is 6.49. The Hall–Kier alpha value is -3.49. The van der Waals surface area contributed by atoms with E-state index in [-0.39, 0.29) is 22.6 Å². The molecule has 1 aromatic carbocycles. The Morgan fingerprint density at radius 2 is 1.86 bits per heavy atom. The van der Waals surface area contributed by atoms with Crippen molar-refractivity contribution in [1.82, 2.24) is 9.13 Å². The van der Waals surface area contributed by atoms with Gasteiger partial charge in [-0.25, -0.2) is 9.59 Å². The smallest absolute Gasteiger partial charge is 0.336 e. The third kappa shape index (κ3) is 2.75. The van der Waals surface area contributed by atoms with E-state index in [0.717, 1.165) is 4.57 Å². The number of aromatic hydroxyl groups is 1. The van der Waals surface area contributed by atoms with Gasteiger partial charge in [-0.15, -0.1) is 0 Å². The zero-order valence-corrected chi connectivity index (χ0v) is 16.2. The molecule has 2 heterocycles. The highest BCUT2D eigenvalue weighted by molar-refractivity contribution is 5.94. The molecule has 0 unspecified atom stereocenters. The van der Waals surface area contributed by atoms with Gasteiger partial charge in [0, 0.05) is 19.8 Å². The molecule has 2 aromatic rings. The zero-order chi connectivity index (χ0) is 20.7. The number of methoxy groups -OCH3 is 2. The van der Waals surface area contributed by atoms with E-state index in [2.05, 4.69) is 5.32 Å². The van der Waals surface area contributed by atoms with Gasteiger partial charge in [-0.05, 0) is 24.6 Å². The van der Waals surface area contributed by atoms with E-state index in [1.807, 2.05) is 0 Å². The number of anilines is 1. The fraction of sp³-hybridized carbons (Fsp3) is 0.316. The van der Waals surface area contributed by atoms with Crippen LogP contribution in [0.5, 0.6) is 11.5 Å². The minimum atomic E-state index is -0.816. The highest BCUT2D eigenvalue weighted by Crippen LogP contribution is 2.42. The summed E-state index contributed by atoms with van der Waals surface area (Å²) in [6, 6.07) is 4.57. The molecule has 0 radical (unpaired) electrons. The summed E-state index contributed by atoms with van der Waals surface area (Å²) in [5.74, 6) is -1.00. The van der Waals surface area contributed by atoms with Crippen LogP contribution in [0.15, 0.2) is 39.1 Å². The Morgan fingerprint density at radius 1 is 1.18 bits per heavy atom. The fourth-order valence-electron chi connectivity index (χ4n) is 3.48. The minimum Gasteiger partial charge on any atom is -0.504 e. The molecule has 9 nitrogen and oxygen atoms in total. The molecule has 28 heavy (non-hydrogen) atoms. The Kier molecular flexibility index (Phi) is 4.76. The van der Waals surface area contributed by atoms with Gasteiger partial charge in [0.25, 0.3) is 5.56 Å². The van der Waals surface area contributed by atoms with E-state index >= 15 is 0 Å². The van der Waals surface area contributed by atoms with Crippen LogP contribution in [0.2, 0.25) is 0 Å². The van der Waals surface area contributed by atoms with Gasteiger partial charge in [0.05, 0.1) is 31.3 Å². The van der Waals surface area contributed by atoms with Crippen molar-refractivity contribution in [2.75, 3.05) is 19.5 Å². The zero-order valence-electron chi connectivity index (χ0n) is 16.2. The van der Waals surface area contributed by atoms with Crippen LogP contribution in [-0.4, -0.2) is 34.4 Å². The first-order chi connectivity index (χ1) is 13.2. The van der Waals surface area contributed by atoms with Crippen molar-refractivity contribution >= 4 is 11.8 Å². The van der Waals surface area contributed by atoms with Gasteiger partial charge >= 0.3 is 11.7 Å². The third-order valence-corrected chi connectivity index (χ3v) is 4.93. The summed E-state index contributed by atoms with van der Waals surface area (Å²) in [5, 5.41) is 12.9. The number of carbonyl (C=O) groups excluding carboxylic acids is 1. The van der Waals surface area contributed by atoms with Crippen LogP contribution in [-0.2, 0) is 23.6 Å². The van der Waals surface area contributed by atoms with Gasteiger partial charge in [-0.1, -0.05) is 6.07 Å². The Labute approximate surface area is 160 Å². The predicted octanol–water partition coefficient (Wildman–Crippen LogP) is 0.803. The lowest BCUT2D eigenvalue weighted by atomic mass is 9.82. The SMILES string of the molecule is COC(=O)C1=C(C)Nc2c(c(=O)n(C)c(=O)n2C)[C@@H]1c1ccc(O)c(OC)c1. The fourth-order valence-corrected chi connectivity index (χ4v) is 3.48. The maximum atomic E-state index is 13.0. The topological polar surface area (TPSA) is 112 Å². The number of hydrogen-bond donors (Lipinski definition) is 2. The Bertz CT molecular complexity index is 1130. The molecule has 148 valence electrons. The first-order valence-electron chi connectivity index (χ1n) is 8.45. The van der Waals surface area contributed by atoms with Gasteiger partial charge in [-0.3, -0.25) is 13.9 Å². The van der Waals surface area contributed by atoms with Crippen LogP contribution >= 0.6 is 0 Å². The van der Waals surface area contributed by atoms with Crippen LogP contribution in [0.1, 0.15) is 24.0 Å². The largest absolute Gasteiger partial charge is 0.504 e. The van der Waals surface area contributed by atoms with E-state index in [0.29, 0.717) is 17.1 Å². The molecular formula is C19H21N3O6. The first kappa shape index (κ1) is 19.3. The Balaban J connectivity index is 2.42. The minimum absolute atomic E-state index is 0.0749. The normalized spacial score (nSPS) is 15.7. The number of aromatic nitrogens is 2. The average molecular weight is 387 g/mol. The van der Waals surface area contributed by atoms with Crippen LogP contribution in [0.25, 0.3) is 0 Å². The van der Waals surface area contributed by atoms with Gasteiger partial charge < -0.3 is 19.9 Å². The summed E-state index contributed by atoms with van der Waals surface area (Å²) in [5.41, 5.74) is 0.429. The van der Waals surface area contributed by atoms with Gasteiger partial charge in [0.2, 0.25) is 0 Å². The molecule has 0 spiro atoms. The summed E-state index contributed by atoms with van der Waals surface area (Å²) >= 11 is 0. The number of hydrogen-bond acceptors (Lipinski definition) is 7. The summed E-state index contributed by atoms with van der Waals surface area (Å²) in [6.07, 6.45) is 0. The first-order valence-corrected chi connectivity index (χ1v) is 8.45. The molecule has 1 aromatic heterocycles. The summed E-state index contributed by atoms with van der Waals surface area (Å²) in [6.45, 7) is 1.67. The van der Waals surface area contributed by atoms with Crippen molar-refractivity contribution in [1.29, 1.82) is 0 Å². The molecule has 0 amide bonds. The second kappa shape index (κ2) is 6.91. The molecular weight excluding hydrogens is 366 g/mol. The number of esters is 1. The number of phenolic OH excluding ortho intramolecular Hbond substituents is 1. The molecule has 1 atom stereocenters. The number of ether oxygens (including phenoxy) is 2. The van der Waals surface area contributed by atoms with E-state index < -0.39 is 23.1 Å². The summed E-state index contributed by atoms with van der Waals surface area (Å²) in [7, 11) is 5.58. The molecule has 9 heteroatoms. The number of fused-ring (bicyclic) bond motifs is 1. The highest BCUT2D eigenvalue weighted by Gasteiger charge is 2.37. The maximum absolute atomic E-state index is 13.0. The number of carbonyl (C=O) groups is 1. The van der Waals surface area contributed by atoms with Crippen molar-refractivity contribution in [3.63, 3.8) is 0 Å². The molecule has 0 bridgehead atoms. The third-order valence-electron chi connectivity index (χ3n) is 4.93. The standard InChI is InChI=1S/C19H21N3O6/c1-9-13(18(25)28-5)14(10-6-7-11(23)12(8-10)27-4)15-16(20-9)21(2)19(26)22(3)17(15)24/h6-8,14,20,23H,1-5H3/t14-/m1/s1. The molecule has 0 saturated carbocycles. The predicted molar refractivity (Wildman–Crippen MR) is 102 cm³/mol. The number of nitrogens with one attached hydrogen (secondary N) is 1. The average Bonchev–Trinajstić information content (AvgIpc) is 2.69. The van der Waals surface area contributed by atoms with E-state index in [1.165, 1.54) is 31.9 Å². The summed E-state index contributed by atoms with van der Waals surface area (Å²) in [4.78, 5) is 37.9. The lowest BCUT2D eigenvalue weighted by Crippen LogP contribution is -2.43. The van der Waals surface area contributed by atoms with Crippen LogP contribution in [0.3, 0.4) is 0 Å². The molecule has 3 rings (SSSR count). The molecule has 0 fully saturated rings. The van der Waals surface area contributed by atoms with Gasteiger partial charge in [-0.2, -0.15) is 0 Å². The second-order valence-electron chi connectivity index (χ2n) is 6.49. The van der Waals surface area contributed by atoms with Crippen molar-refractivity contribution < 1.29 is 19.4 Å². The lowest BCUT2D eigenvalue weighted by molar-refractivity contribution is -0.136. The van der Waals surface area contributed by atoms with Crippen LogP contribution in [0.4, 0.5) is 5.82 Å². The summed E-state index contributed by atoms with van der Waals surface area (Å²) < 4.78 is 12.4. The molecule has 1 aliphatic heterocycles. The van der Waals surface area contributed by atoms with E-state index in [1.54, 1.807) is 26.1 Å². The van der Waals surface area contributed by atoms with Gasteiger partial charge in [0.15, 0.2) is 11.5 Å². The molecule has 0 saturated heterocycles. The van der Waals surface area contributed by atoms with Crippen molar-refractivity contribution in [2.24, 2.45) is 14.1 Å². The maximum Gasteiger partial charge on any atom is 0.336 e. The van der Waals surface area contributed by atoms with Gasteiger partial charge in [0.1, 0.15) is 5.82 Å². The van der Waals surface area contributed by atoms with Crippen LogP contribution in [0, 0.1) is 0 Å². The molecule has 2 N–H and O–H groups in total. The number of allylic oxidation sites excluding steroid dienone is 1. The quantitative estimate of drug-likeness (QED) is 0.750. The van der Waals surface area contributed by atoms with E-state index in [9.17, 15) is 19.5 Å². The Morgan fingerprint density at radius 3 is 2.46 bits per heavy atom. The molecule has 0 aliphatic carbocycles.